The Labute approximate surface area is 125 Å². The third-order valence-corrected chi connectivity index (χ3v) is 2.83. The van der Waals surface area contributed by atoms with Crippen molar-refractivity contribution in [3.05, 3.63) is 74.3 Å². The van der Waals surface area contributed by atoms with E-state index in [4.69, 9.17) is 0 Å². The molecular formula is C14H12N4O4. The maximum absolute atomic E-state index is 10.9. The summed E-state index contributed by atoms with van der Waals surface area (Å²) in [5.41, 5.74) is 2.94. The molecule has 0 bridgehead atoms. The van der Waals surface area contributed by atoms with Crippen molar-refractivity contribution in [3.8, 4) is 0 Å². The standard InChI is InChI=1S/C14H12N4O4/c19-17(20)12-6-7-13(14(10-12)18(21)22)16-15-9-8-11-4-2-1-3-5-11/h1-7,9-10,16H,8H2. The highest BCUT2D eigenvalue weighted by molar-refractivity contribution is 5.68. The third-order valence-electron chi connectivity index (χ3n) is 2.83. The van der Waals surface area contributed by atoms with Crippen molar-refractivity contribution in [2.45, 2.75) is 6.42 Å². The molecule has 0 amide bonds. The number of hydrogen-bond acceptors (Lipinski definition) is 6. The van der Waals surface area contributed by atoms with Crippen molar-refractivity contribution in [2.75, 3.05) is 5.43 Å². The minimum atomic E-state index is -0.692. The van der Waals surface area contributed by atoms with E-state index in [9.17, 15) is 20.2 Å². The Morgan fingerprint density at radius 1 is 1.05 bits per heavy atom. The lowest BCUT2D eigenvalue weighted by Crippen LogP contribution is -1.99. The zero-order valence-electron chi connectivity index (χ0n) is 11.4. The summed E-state index contributed by atoms with van der Waals surface area (Å²) in [6.07, 6.45) is 2.13. The van der Waals surface area contributed by atoms with E-state index in [1.807, 2.05) is 30.3 Å². The van der Waals surface area contributed by atoms with Gasteiger partial charge < -0.3 is 0 Å². The van der Waals surface area contributed by atoms with Crippen LogP contribution in [-0.2, 0) is 6.42 Å². The number of nitrogens with one attached hydrogen (secondary N) is 1. The van der Waals surface area contributed by atoms with E-state index in [2.05, 4.69) is 10.5 Å². The average molecular weight is 300 g/mol. The van der Waals surface area contributed by atoms with Gasteiger partial charge >= 0.3 is 5.69 Å². The van der Waals surface area contributed by atoms with Gasteiger partial charge in [0.25, 0.3) is 5.69 Å². The molecule has 1 N–H and O–H groups in total. The highest BCUT2D eigenvalue weighted by Gasteiger charge is 2.18. The molecule has 0 heterocycles. The monoisotopic (exact) mass is 300 g/mol. The Morgan fingerprint density at radius 2 is 1.77 bits per heavy atom. The van der Waals surface area contributed by atoms with Gasteiger partial charge in [-0.25, -0.2) is 0 Å². The SMILES string of the molecule is O=[N+]([O-])c1ccc(NN=CCc2ccccc2)c([N+](=O)[O-])c1. The van der Waals surface area contributed by atoms with Crippen LogP contribution >= 0.6 is 0 Å². The summed E-state index contributed by atoms with van der Waals surface area (Å²) in [6.45, 7) is 0. The number of hydrazone groups is 1. The van der Waals surface area contributed by atoms with Crippen molar-refractivity contribution in [1.82, 2.24) is 0 Å². The van der Waals surface area contributed by atoms with E-state index >= 15 is 0 Å². The molecule has 0 aliphatic heterocycles. The van der Waals surface area contributed by atoms with Crippen LogP contribution in [0.15, 0.2) is 53.6 Å². The van der Waals surface area contributed by atoms with Gasteiger partial charge in [0.15, 0.2) is 0 Å². The molecule has 0 aromatic heterocycles. The summed E-state index contributed by atoms with van der Waals surface area (Å²) in [6, 6.07) is 12.9. The number of hydrogen-bond donors (Lipinski definition) is 1. The molecule has 0 saturated carbocycles. The van der Waals surface area contributed by atoms with Crippen LogP contribution in [0.2, 0.25) is 0 Å². The Bertz CT molecular complexity index is 716. The van der Waals surface area contributed by atoms with Crippen molar-refractivity contribution in [2.24, 2.45) is 5.10 Å². The maximum Gasteiger partial charge on any atom is 0.301 e. The molecule has 2 aromatic rings. The summed E-state index contributed by atoms with van der Waals surface area (Å²) in [5.74, 6) is 0. The van der Waals surface area contributed by atoms with Crippen LogP contribution in [0.4, 0.5) is 17.1 Å². The molecule has 2 aromatic carbocycles. The van der Waals surface area contributed by atoms with Crippen molar-refractivity contribution in [3.63, 3.8) is 0 Å². The number of benzene rings is 2. The average Bonchev–Trinajstić information content (AvgIpc) is 2.52. The molecule has 0 spiro atoms. The Kier molecular flexibility index (Phi) is 4.76. The summed E-state index contributed by atoms with van der Waals surface area (Å²) in [5, 5.41) is 25.5. The van der Waals surface area contributed by atoms with E-state index in [0.29, 0.717) is 6.42 Å². The van der Waals surface area contributed by atoms with Crippen LogP contribution in [0.5, 0.6) is 0 Å². The van der Waals surface area contributed by atoms with E-state index < -0.39 is 15.5 Å². The zero-order chi connectivity index (χ0) is 15.9. The van der Waals surface area contributed by atoms with Gasteiger partial charge in [-0.05, 0) is 11.6 Å². The molecular weight excluding hydrogens is 288 g/mol. The number of nitro benzene ring substituents is 2. The lowest BCUT2D eigenvalue weighted by atomic mass is 10.2. The summed E-state index contributed by atoms with van der Waals surface area (Å²) >= 11 is 0. The number of nitro groups is 2. The molecule has 0 fully saturated rings. The first kappa shape index (κ1) is 15.1. The van der Waals surface area contributed by atoms with E-state index in [1.165, 1.54) is 12.1 Å². The minimum Gasteiger partial charge on any atom is -0.272 e. The smallest absolute Gasteiger partial charge is 0.272 e. The van der Waals surface area contributed by atoms with Gasteiger partial charge in [-0.1, -0.05) is 30.3 Å². The number of anilines is 1. The maximum atomic E-state index is 10.9. The van der Waals surface area contributed by atoms with E-state index in [0.717, 1.165) is 11.6 Å². The normalized spacial score (nSPS) is 10.5. The van der Waals surface area contributed by atoms with Gasteiger partial charge in [0.05, 0.1) is 15.9 Å². The molecule has 0 aliphatic rings. The molecule has 0 saturated heterocycles. The van der Waals surface area contributed by atoms with Crippen LogP contribution in [0.1, 0.15) is 5.56 Å². The minimum absolute atomic E-state index is 0.0971. The summed E-state index contributed by atoms with van der Waals surface area (Å²) in [7, 11) is 0. The molecule has 8 nitrogen and oxygen atoms in total. The van der Waals surface area contributed by atoms with Crippen LogP contribution in [0.25, 0.3) is 0 Å². The van der Waals surface area contributed by atoms with Crippen molar-refractivity contribution < 1.29 is 9.85 Å². The second kappa shape index (κ2) is 6.93. The molecule has 0 radical (unpaired) electrons. The molecule has 0 aliphatic carbocycles. The first-order valence-electron chi connectivity index (χ1n) is 6.32. The third kappa shape index (κ3) is 3.85. The molecule has 0 atom stereocenters. The lowest BCUT2D eigenvalue weighted by molar-refractivity contribution is -0.393. The van der Waals surface area contributed by atoms with Gasteiger partial charge in [-0.2, -0.15) is 5.10 Å². The molecule has 0 unspecified atom stereocenters. The fourth-order valence-electron chi connectivity index (χ4n) is 1.76. The fourth-order valence-corrected chi connectivity index (χ4v) is 1.76. The molecule has 2 rings (SSSR count). The van der Waals surface area contributed by atoms with E-state index in [1.54, 1.807) is 6.21 Å². The molecule has 8 heteroatoms. The second-order valence-electron chi connectivity index (χ2n) is 4.33. The van der Waals surface area contributed by atoms with Crippen LogP contribution in [0, 0.1) is 20.2 Å². The predicted octanol–water partition coefficient (Wildman–Crippen LogP) is 3.14. The number of rotatable bonds is 6. The molecule has 22 heavy (non-hydrogen) atoms. The number of non-ortho nitro benzene ring substituents is 1. The highest BCUT2D eigenvalue weighted by Crippen LogP contribution is 2.28. The summed E-state index contributed by atoms with van der Waals surface area (Å²) in [4.78, 5) is 20.2. The second-order valence-corrected chi connectivity index (χ2v) is 4.33. The van der Waals surface area contributed by atoms with Gasteiger partial charge in [0, 0.05) is 18.7 Å². The van der Waals surface area contributed by atoms with Gasteiger partial charge in [-0.3, -0.25) is 25.7 Å². The largest absolute Gasteiger partial charge is 0.301 e. The fraction of sp³-hybridized carbons (Fsp3) is 0.0714. The van der Waals surface area contributed by atoms with E-state index in [-0.39, 0.29) is 11.4 Å². The Morgan fingerprint density at radius 3 is 2.41 bits per heavy atom. The number of nitrogens with zero attached hydrogens (tertiary/aromatic N) is 3. The zero-order valence-corrected chi connectivity index (χ0v) is 11.4. The summed E-state index contributed by atoms with van der Waals surface area (Å²) < 4.78 is 0. The van der Waals surface area contributed by atoms with Crippen LogP contribution < -0.4 is 5.43 Å². The lowest BCUT2D eigenvalue weighted by Gasteiger charge is -2.02. The predicted molar refractivity (Wildman–Crippen MR) is 82.0 cm³/mol. The van der Waals surface area contributed by atoms with Gasteiger partial charge in [0.1, 0.15) is 5.69 Å². The topological polar surface area (TPSA) is 111 Å². The highest BCUT2D eigenvalue weighted by atomic mass is 16.6. The van der Waals surface area contributed by atoms with Crippen molar-refractivity contribution in [1.29, 1.82) is 0 Å². The first-order valence-corrected chi connectivity index (χ1v) is 6.32. The Balaban J connectivity index is 2.09. The van der Waals surface area contributed by atoms with Gasteiger partial charge in [-0.15, -0.1) is 0 Å². The Hall–Kier alpha value is -3.29. The van der Waals surface area contributed by atoms with Crippen LogP contribution in [0.3, 0.4) is 0 Å². The molecule has 112 valence electrons. The van der Waals surface area contributed by atoms with Gasteiger partial charge in [0.2, 0.25) is 0 Å². The van der Waals surface area contributed by atoms with Crippen molar-refractivity contribution >= 4 is 23.3 Å². The quantitative estimate of drug-likeness (QED) is 0.500. The first-order chi connectivity index (χ1) is 10.6. The van der Waals surface area contributed by atoms with Crippen LogP contribution in [-0.4, -0.2) is 16.1 Å².